The maximum Gasteiger partial charge on any atom is 0.328 e. The van der Waals surface area contributed by atoms with Gasteiger partial charge in [0.25, 0.3) is 0 Å². The Hall–Kier alpha value is -1.47. The average molecular weight is 374 g/mol. The highest BCUT2D eigenvalue weighted by Gasteiger charge is 2.43. The molecule has 2 rings (SSSR count). The summed E-state index contributed by atoms with van der Waals surface area (Å²) in [5.41, 5.74) is -0.110. The molecule has 0 bridgehead atoms. The fourth-order valence-electron chi connectivity index (χ4n) is 2.60. The highest BCUT2D eigenvalue weighted by molar-refractivity contribution is 9.10. The molecule has 0 saturated carbocycles. The van der Waals surface area contributed by atoms with Gasteiger partial charge in [-0.25, -0.2) is 9.18 Å². The second-order valence-electron chi connectivity index (χ2n) is 5.22. The largest absolute Gasteiger partial charge is 0.480 e. The smallest absolute Gasteiger partial charge is 0.328 e. The van der Waals surface area contributed by atoms with Crippen LogP contribution in [0.3, 0.4) is 0 Å². The molecule has 1 atom stereocenters. The first kappa shape index (κ1) is 16.9. The first-order valence-electron chi connectivity index (χ1n) is 6.93. The Morgan fingerprint density at radius 3 is 2.41 bits per heavy atom. The van der Waals surface area contributed by atoms with Crippen molar-refractivity contribution in [1.82, 2.24) is 5.32 Å². The van der Waals surface area contributed by atoms with Crippen LogP contribution in [0.1, 0.15) is 18.4 Å². The van der Waals surface area contributed by atoms with Gasteiger partial charge in [0.15, 0.2) is 6.04 Å². The third-order valence-electron chi connectivity index (χ3n) is 3.94. The van der Waals surface area contributed by atoms with Gasteiger partial charge in [-0.2, -0.15) is 0 Å². The molecule has 1 aromatic rings. The van der Waals surface area contributed by atoms with Crippen LogP contribution in [0.2, 0.25) is 0 Å². The van der Waals surface area contributed by atoms with Gasteiger partial charge < -0.3 is 15.2 Å². The van der Waals surface area contributed by atoms with E-state index < -0.39 is 30.0 Å². The molecule has 120 valence electrons. The van der Waals surface area contributed by atoms with Crippen LogP contribution in [0.5, 0.6) is 0 Å². The lowest BCUT2D eigenvalue weighted by Gasteiger charge is -2.36. The first-order chi connectivity index (χ1) is 10.5. The van der Waals surface area contributed by atoms with E-state index in [1.165, 1.54) is 0 Å². The molecule has 1 heterocycles. The van der Waals surface area contributed by atoms with Crippen LogP contribution >= 0.6 is 15.9 Å². The van der Waals surface area contributed by atoms with Gasteiger partial charge in [-0.05, 0) is 30.5 Å². The normalized spacial score (nSPS) is 18.5. The van der Waals surface area contributed by atoms with Gasteiger partial charge in [0, 0.05) is 17.7 Å². The maximum atomic E-state index is 12.8. The number of hydrogen-bond acceptors (Lipinski definition) is 3. The molecule has 1 unspecified atom stereocenters. The van der Waals surface area contributed by atoms with Crippen LogP contribution in [0.15, 0.2) is 28.7 Å². The fourth-order valence-corrected chi connectivity index (χ4v) is 2.86. The average Bonchev–Trinajstić information content (AvgIpc) is 2.53. The molecule has 0 aromatic heterocycles. The maximum absolute atomic E-state index is 12.8. The molecule has 0 aliphatic carbocycles. The minimum absolute atomic E-state index is 0.400. The summed E-state index contributed by atoms with van der Waals surface area (Å²) in [4.78, 5) is 23.6. The summed E-state index contributed by atoms with van der Waals surface area (Å²) in [6.45, 7) is -0.346. The van der Waals surface area contributed by atoms with Crippen LogP contribution in [-0.2, 0) is 19.7 Å². The second-order valence-corrected chi connectivity index (χ2v) is 6.14. The van der Waals surface area contributed by atoms with Gasteiger partial charge in [0.2, 0.25) is 5.91 Å². The van der Waals surface area contributed by atoms with E-state index in [1.54, 1.807) is 0 Å². The molecule has 5 nitrogen and oxygen atoms in total. The summed E-state index contributed by atoms with van der Waals surface area (Å²) in [7, 11) is 0. The molecule has 22 heavy (non-hydrogen) atoms. The standard InChI is InChI=1S/C15H17BrFNO4/c16-11-3-1-10(2-4-11)15(5-7-22-8-6-15)14(21)18-12(9-17)13(19)20/h1-4,12H,5-9H2,(H,18,21)(H,19,20). The number of carboxylic acid groups (broad SMARTS) is 1. The van der Waals surface area contributed by atoms with Crippen molar-refractivity contribution in [1.29, 1.82) is 0 Å². The van der Waals surface area contributed by atoms with Crippen molar-refractivity contribution in [2.45, 2.75) is 24.3 Å². The highest BCUT2D eigenvalue weighted by atomic mass is 79.9. The van der Waals surface area contributed by atoms with E-state index in [0.29, 0.717) is 26.1 Å². The Bertz CT molecular complexity index is 543. The summed E-state index contributed by atoms with van der Waals surface area (Å²) in [5.74, 6) is -1.85. The van der Waals surface area contributed by atoms with Crippen molar-refractivity contribution in [2.75, 3.05) is 19.9 Å². The number of alkyl halides is 1. The van der Waals surface area contributed by atoms with Gasteiger partial charge in [-0.3, -0.25) is 4.79 Å². The molecule has 1 fully saturated rings. The van der Waals surface area contributed by atoms with Crippen molar-refractivity contribution < 1.29 is 23.8 Å². The van der Waals surface area contributed by atoms with Gasteiger partial charge in [-0.1, -0.05) is 28.1 Å². The van der Waals surface area contributed by atoms with Gasteiger partial charge in [0.1, 0.15) is 6.67 Å². The lowest BCUT2D eigenvalue weighted by molar-refractivity contribution is -0.144. The lowest BCUT2D eigenvalue weighted by Crippen LogP contribution is -2.53. The van der Waals surface area contributed by atoms with Crippen LogP contribution < -0.4 is 5.32 Å². The predicted octanol–water partition coefficient (Wildman–Crippen LogP) is 2.04. The van der Waals surface area contributed by atoms with E-state index in [0.717, 1.165) is 10.0 Å². The topological polar surface area (TPSA) is 75.6 Å². The zero-order valence-corrected chi connectivity index (χ0v) is 13.4. The van der Waals surface area contributed by atoms with Crippen molar-refractivity contribution in [3.63, 3.8) is 0 Å². The van der Waals surface area contributed by atoms with E-state index >= 15 is 0 Å². The summed E-state index contributed by atoms with van der Waals surface area (Å²) in [6.07, 6.45) is 0.859. The number of rotatable bonds is 5. The SMILES string of the molecule is O=C(O)C(CF)NC(=O)C1(c2ccc(Br)cc2)CCOCC1. The van der Waals surface area contributed by atoms with Crippen LogP contribution in [0.25, 0.3) is 0 Å². The Morgan fingerprint density at radius 1 is 1.32 bits per heavy atom. The summed E-state index contributed by atoms with van der Waals surface area (Å²) >= 11 is 3.34. The Kier molecular flexibility index (Phi) is 5.52. The summed E-state index contributed by atoms with van der Waals surface area (Å²) in [6, 6.07) is 5.76. The molecule has 2 N–H and O–H groups in total. The summed E-state index contributed by atoms with van der Waals surface area (Å²) < 4.78 is 19.0. The fraction of sp³-hybridized carbons (Fsp3) is 0.467. The number of benzene rings is 1. The molecule has 0 spiro atoms. The van der Waals surface area contributed by atoms with Crippen LogP contribution in [0, 0.1) is 0 Å². The van der Waals surface area contributed by atoms with E-state index in [9.17, 15) is 14.0 Å². The molecule has 1 aromatic carbocycles. The quantitative estimate of drug-likeness (QED) is 0.827. The molecule has 1 amide bonds. The van der Waals surface area contributed by atoms with E-state index in [1.807, 2.05) is 24.3 Å². The second kappa shape index (κ2) is 7.19. The number of halogens is 2. The van der Waals surface area contributed by atoms with Crippen LogP contribution in [-0.4, -0.2) is 42.9 Å². The number of nitrogens with one attached hydrogen (secondary N) is 1. The van der Waals surface area contributed by atoms with E-state index in [-0.39, 0.29) is 0 Å². The van der Waals surface area contributed by atoms with Gasteiger partial charge in [0.05, 0.1) is 5.41 Å². The Morgan fingerprint density at radius 2 is 1.91 bits per heavy atom. The van der Waals surface area contributed by atoms with Crippen molar-refractivity contribution >= 4 is 27.8 Å². The highest BCUT2D eigenvalue weighted by Crippen LogP contribution is 2.36. The molecule has 1 aliphatic heterocycles. The molecular formula is C15H17BrFNO4. The number of carbonyl (C=O) groups excluding carboxylic acids is 1. The monoisotopic (exact) mass is 373 g/mol. The van der Waals surface area contributed by atoms with Crippen LogP contribution in [0.4, 0.5) is 4.39 Å². The zero-order valence-electron chi connectivity index (χ0n) is 11.9. The Balaban J connectivity index is 2.30. The third-order valence-corrected chi connectivity index (χ3v) is 4.46. The molecular weight excluding hydrogens is 357 g/mol. The number of aliphatic carboxylic acids is 1. The van der Waals surface area contributed by atoms with E-state index in [2.05, 4.69) is 21.2 Å². The molecule has 0 radical (unpaired) electrons. The van der Waals surface area contributed by atoms with Crippen molar-refractivity contribution in [2.24, 2.45) is 0 Å². The first-order valence-corrected chi connectivity index (χ1v) is 7.72. The van der Waals surface area contributed by atoms with Gasteiger partial charge in [-0.15, -0.1) is 0 Å². The number of carboxylic acids is 1. The Labute approximate surface area is 136 Å². The third kappa shape index (κ3) is 3.47. The van der Waals surface area contributed by atoms with Crippen molar-refractivity contribution in [3.8, 4) is 0 Å². The number of hydrogen-bond donors (Lipinski definition) is 2. The molecule has 1 aliphatic rings. The zero-order chi connectivity index (χ0) is 16.2. The van der Waals surface area contributed by atoms with Crippen molar-refractivity contribution in [3.05, 3.63) is 34.3 Å². The minimum Gasteiger partial charge on any atom is -0.480 e. The molecule has 1 saturated heterocycles. The summed E-state index contributed by atoms with van der Waals surface area (Å²) in [5, 5.41) is 11.2. The van der Waals surface area contributed by atoms with Gasteiger partial charge >= 0.3 is 5.97 Å². The number of ether oxygens (including phenoxy) is 1. The number of carbonyl (C=O) groups is 2. The number of amides is 1. The lowest BCUT2D eigenvalue weighted by atomic mass is 9.73. The minimum atomic E-state index is -1.53. The predicted molar refractivity (Wildman–Crippen MR) is 81.4 cm³/mol. The molecule has 7 heteroatoms. The van der Waals surface area contributed by atoms with E-state index in [4.69, 9.17) is 9.84 Å².